The second kappa shape index (κ2) is 6.97. The predicted molar refractivity (Wildman–Crippen MR) is 94.7 cm³/mol. The quantitative estimate of drug-likeness (QED) is 0.437. The SMILES string of the molecule is CC1CC(OC(CI)c2cccc(Cl)c2)CC(C)(C)C1. The molecule has 0 radical (unpaired) electrons. The third-order valence-electron chi connectivity index (χ3n) is 4.06. The van der Waals surface area contributed by atoms with E-state index in [1.54, 1.807) is 0 Å². The van der Waals surface area contributed by atoms with Gasteiger partial charge >= 0.3 is 0 Å². The molecule has 1 aliphatic rings. The van der Waals surface area contributed by atoms with Crippen LogP contribution >= 0.6 is 34.2 Å². The van der Waals surface area contributed by atoms with Crippen molar-refractivity contribution < 1.29 is 4.74 Å². The van der Waals surface area contributed by atoms with Crippen molar-refractivity contribution >= 4 is 34.2 Å². The van der Waals surface area contributed by atoms with Gasteiger partial charge in [-0.2, -0.15) is 0 Å². The molecule has 2 rings (SSSR count). The van der Waals surface area contributed by atoms with E-state index in [1.165, 1.54) is 18.4 Å². The number of ether oxygens (including phenoxy) is 1. The van der Waals surface area contributed by atoms with Crippen LogP contribution in [-0.2, 0) is 4.74 Å². The fourth-order valence-corrected chi connectivity index (χ4v) is 4.42. The molecule has 1 aliphatic carbocycles. The van der Waals surface area contributed by atoms with E-state index in [9.17, 15) is 0 Å². The number of hydrogen-bond acceptors (Lipinski definition) is 1. The van der Waals surface area contributed by atoms with Crippen molar-refractivity contribution in [2.75, 3.05) is 4.43 Å². The van der Waals surface area contributed by atoms with Gasteiger partial charge in [-0.3, -0.25) is 0 Å². The van der Waals surface area contributed by atoms with Crippen molar-refractivity contribution in [1.29, 1.82) is 0 Å². The van der Waals surface area contributed by atoms with Crippen molar-refractivity contribution in [3.63, 3.8) is 0 Å². The predicted octanol–water partition coefficient (Wildman–Crippen LogP) is 6.05. The highest BCUT2D eigenvalue weighted by Crippen LogP contribution is 2.41. The number of alkyl halides is 1. The Morgan fingerprint density at radius 2 is 2.15 bits per heavy atom. The second-order valence-electron chi connectivity index (χ2n) is 6.87. The summed E-state index contributed by atoms with van der Waals surface area (Å²) in [6, 6.07) is 8.07. The zero-order chi connectivity index (χ0) is 14.8. The summed E-state index contributed by atoms with van der Waals surface area (Å²) in [6.07, 6.45) is 4.16. The van der Waals surface area contributed by atoms with Crippen LogP contribution in [0.1, 0.15) is 51.7 Å². The zero-order valence-electron chi connectivity index (χ0n) is 12.5. The Morgan fingerprint density at radius 3 is 2.75 bits per heavy atom. The highest BCUT2D eigenvalue weighted by Gasteiger charge is 2.33. The topological polar surface area (TPSA) is 9.23 Å². The first-order chi connectivity index (χ1) is 9.39. The summed E-state index contributed by atoms with van der Waals surface area (Å²) < 4.78 is 7.38. The van der Waals surface area contributed by atoms with Crippen LogP contribution in [-0.4, -0.2) is 10.5 Å². The lowest BCUT2D eigenvalue weighted by Crippen LogP contribution is -2.33. The average molecular weight is 407 g/mol. The molecule has 3 heteroatoms. The summed E-state index contributed by atoms with van der Waals surface area (Å²) >= 11 is 8.51. The summed E-state index contributed by atoms with van der Waals surface area (Å²) in [5, 5.41) is 0.790. The van der Waals surface area contributed by atoms with E-state index in [1.807, 2.05) is 18.2 Å². The zero-order valence-corrected chi connectivity index (χ0v) is 15.4. The molecule has 3 atom stereocenters. The van der Waals surface area contributed by atoms with E-state index in [0.717, 1.165) is 21.8 Å². The molecule has 20 heavy (non-hydrogen) atoms. The first-order valence-corrected chi connectivity index (χ1v) is 9.27. The van der Waals surface area contributed by atoms with E-state index >= 15 is 0 Å². The number of benzene rings is 1. The van der Waals surface area contributed by atoms with Gasteiger partial charge in [-0.15, -0.1) is 0 Å². The molecule has 0 saturated heterocycles. The third kappa shape index (κ3) is 4.60. The molecule has 3 unspecified atom stereocenters. The lowest BCUT2D eigenvalue weighted by Gasteiger charge is -2.40. The summed E-state index contributed by atoms with van der Waals surface area (Å²) in [5.41, 5.74) is 1.59. The standard InChI is InChI=1S/C17H24ClIO/c1-12-7-15(10-17(2,3)9-12)20-16(11-19)13-5-4-6-14(18)8-13/h4-6,8,12,15-16H,7,9-11H2,1-3H3. The first kappa shape index (κ1) is 16.6. The molecular formula is C17H24ClIO. The fraction of sp³-hybridized carbons (Fsp3) is 0.647. The molecule has 0 spiro atoms. The van der Waals surface area contributed by atoms with Crippen LogP contribution < -0.4 is 0 Å². The molecule has 1 saturated carbocycles. The molecule has 0 aromatic heterocycles. The van der Waals surface area contributed by atoms with E-state index < -0.39 is 0 Å². The van der Waals surface area contributed by atoms with Crippen LogP contribution in [0, 0.1) is 11.3 Å². The maximum Gasteiger partial charge on any atom is 0.0918 e. The molecule has 0 aliphatic heterocycles. The smallest absolute Gasteiger partial charge is 0.0918 e. The minimum Gasteiger partial charge on any atom is -0.369 e. The Hall–Kier alpha value is 0.200. The molecule has 1 aromatic rings. The van der Waals surface area contributed by atoms with Gasteiger partial charge in [0.25, 0.3) is 0 Å². The average Bonchev–Trinajstić information content (AvgIpc) is 2.33. The molecule has 1 nitrogen and oxygen atoms in total. The summed E-state index contributed by atoms with van der Waals surface area (Å²) in [7, 11) is 0. The van der Waals surface area contributed by atoms with Gasteiger partial charge in [-0.1, -0.05) is 67.1 Å². The van der Waals surface area contributed by atoms with Gasteiger partial charge in [-0.25, -0.2) is 0 Å². The number of halogens is 2. The number of hydrogen-bond donors (Lipinski definition) is 0. The van der Waals surface area contributed by atoms with Crippen LogP contribution in [0.3, 0.4) is 0 Å². The van der Waals surface area contributed by atoms with Gasteiger partial charge in [0.05, 0.1) is 12.2 Å². The lowest BCUT2D eigenvalue weighted by atomic mass is 9.71. The minimum atomic E-state index is 0.153. The second-order valence-corrected chi connectivity index (χ2v) is 8.19. The maximum absolute atomic E-state index is 6.42. The van der Waals surface area contributed by atoms with Gasteiger partial charge in [0, 0.05) is 9.45 Å². The van der Waals surface area contributed by atoms with Crippen LogP contribution in [0.15, 0.2) is 24.3 Å². The van der Waals surface area contributed by atoms with Crippen molar-refractivity contribution in [2.45, 2.75) is 52.2 Å². The van der Waals surface area contributed by atoms with Gasteiger partial charge < -0.3 is 4.74 Å². The van der Waals surface area contributed by atoms with Crippen LogP contribution in [0.4, 0.5) is 0 Å². The van der Waals surface area contributed by atoms with Crippen molar-refractivity contribution in [3.05, 3.63) is 34.9 Å². The highest BCUT2D eigenvalue weighted by molar-refractivity contribution is 14.1. The molecule has 0 heterocycles. The lowest BCUT2D eigenvalue weighted by molar-refractivity contribution is -0.0573. The van der Waals surface area contributed by atoms with E-state index in [2.05, 4.69) is 49.4 Å². The molecule has 0 bridgehead atoms. The Balaban J connectivity index is 2.06. The molecule has 0 amide bonds. The molecule has 1 aromatic carbocycles. The Morgan fingerprint density at radius 1 is 1.40 bits per heavy atom. The monoisotopic (exact) mass is 406 g/mol. The fourth-order valence-electron chi connectivity index (χ4n) is 3.51. The van der Waals surface area contributed by atoms with Crippen molar-refractivity contribution in [2.24, 2.45) is 11.3 Å². The van der Waals surface area contributed by atoms with Gasteiger partial charge in [0.2, 0.25) is 0 Å². The highest BCUT2D eigenvalue weighted by atomic mass is 127. The molecule has 1 fully saturated rings. The van der Waals surface area contributed by atoms with E-state index in [0.29, 0.717) is 11.5 Å². The van der Waals surface area contributed by atoms with Crippen LogP contribution in [0.2, 0.25) is 5.02 Å². The van der Waals surface area contributed by atoms with Gasteiger partial charge in [-0.05, 0) is 48.3 Å². The largest absolute Gasteiger partial charge is 0.369 e. The van der Waals surface area contributed by atoms with Crippen LogP contribution in [0.25, 0.3) is 0 Å². The molecular weight excluding hydrogens is 383 g/mol. The summed E-state index contributed by atoms with van der Waals surface area (Å²) in [6.45, 7) is 7.06. The summed E-state index contributed by atoms with van der Waals surface area (Å²) in [4.78, 5) is 0. The van der Waals surface area contributed by atoms with E-state index in [4.69, 9.17) is 16.3 Å². The first-order valence-electron chi connectivity index (χ1n) is 7.36. The van der Waals surface area contributed by atoms with Crippen molar-refractivity contribution in [3.8, 4) is 0 Å². The number of rotatable bonds is 4. The Labute approximate surface area is 141 Å². The Kier molecular flexibility index (Phi) is 5.78. The Bertz CT molecular complexity index is 446. The molecule has 0 N–H and O–H groups in total. The minimum absolute atomic E-state index is 0.153. The van der Waals surface area contributed by atoms with Crippen molar-refractivity contribution in [1.82, 2.24) is 0 Å². The van der Waals surface area contributed by atoms with E-state index in [-0.39, 0.29) is 6.10 Å². The summed E-state index contributed by atoms with van der Waals surface area (Å²) in [5.74, 6) is 0.748. The maximum atomic E-state index is 6.42. The third-order valence-corrected chi connectivity index (χ3v) is 5.10. The normalized spacial score (nSPS) is 27.2. The van der Waals surface area contributed by atoms with Gasteiger partial charge in [0.1, 0.15) is 0 Å². The van der Waals surface area contributed by atoms with Crippen LogP contribution in [0.5, 0.6) is 0 Å². The van der Waals surface area contributed by atoms with Gasteiger partial charge in [0.15, 0.2) is 0 Å². The molecule has 112 valence electrons.